The van der Waals surface area contributed by atoms with Gasteiger partial charge in [0, 0.05) is 27.8 Å². The summed E-state index contributed by atoms with van der Waals surface area (Å²) in [6.45, 7) is 0. The second kappa shape index (κ2) is 16.5. The average Bonchev–Trinajstić information content (AvgIpc) is 3.35. The summed E-state index contributed by atoms with van der Waals surface area (Å²) >= 11 is 0. The Balaban J connectivity index is 1.03. The lowest BCUT2D eigenvalue weighted by Gasteiger charge is -2.19. The van der Waals surface area contributed by atoms with E-state index in [4.69, 9.17) is 29.9 Å². The number of nitrogens with zero attached hydrogens (tertiary/aromatic N) is 6. The van der Waals surface area contributed by atoms with Gasteiger partial charge in [0.05, 0.1) is 0 Å². The number of rotatable bonds is 9. The minimum absolute atomic E-state index is 0.630. The van der Waals surface area contributed by atoms with E-state index in [1.165, 1.54) is 22.3 Å². The summed E-state index contributed by atoms with van der Waals surface area (Å²) < 4.78 is 0. The molecule has 2 aromatic heterocycles. The zero-order valence-electron chi connectivity index (χ0n) is 32.7. The maximum atomic E-state index is 5.01. The van der Waals surface area contributed by atoms with Crippen molar-refractivity contribution in [3.05, 3.63) is 218 Å². The lowest BCUT2D eigenvalue weighted by atomic mass is 9.86. The molecule has 0 aliphatic heterocycles. The SMILES string of the molecule is C1=C(c2nc(-c3ccccc3)nc(-c3ccccc3)n2)CCC(c2cc(-c3ccccc3)ccc2-c2ccc(-c3nc(-c4ccccc4)nc(-c4ccccc4)n3)cc2)=C1. The van der Waals surface area contributed by atoms with Crippen LogP contribution in [0.15, 0.2) is 206 Å². The van der Waals surface area contributed by atoms with Gasteiger partial charge in [-0.15, -0.1) is 0 Å². The van der Waals surface area contributed by atoms with Gasteiger partial charge in [-0.1, -0.05) is 200 Å². The van der Waals surface area contributed by atoms with Crippen LogP contribution in [0.3, 0.4) is 0 Å². The molecule has 0 fully saturated rings. The van der Waals surface area contributed by atoms with Crippen molar-refractivity contribution >= 4 is 11.1 Å². The Bertz CT molecular complexity index is 2870. The summed E-state index contributed by atoms with van der Waals surface area (Å²) in [6.07, 6.45) is 6.06. The van der Waals surface area contributed by atoms with E-state index in [1.807, 2.05) is 121 Å². The third-order valence-electron chi connectivity index (χ3n) is 10.8. The fourth-order valence-corrected chi connectivity index (χ4v) is 7.61. The molecule has 0 saturated heterocycles. The van der Waals surface area contributed by atoms with Crippen LogP contribution in [0.2, 0.25) is 0 Å². The molecule has 1 aliphatic rings. The molecule has 284 valence electrons. The van der Waals surface area contributed by atoms with Crippen LogP contribution < -0.4 is 0 Å². The van der Waals surface area contributed by atoms with Crippen molar-refractivity contribution in [2.24, 2.45) is 0 Å². The second-order valence-corrected chi connectivity index (χ2v) is 14.7. The van der Waals surface area contributed by atoms with Gasteiger partial charge in [-0.3, -0.25) is 0 Å². The standard InChI is InChI=1S/C54H38N6/c1-6-16-37(17-7-1)46-34-35-47(38-26-30-44(31-27-38)53-57-49(40-18-8-2-9-19-40)55-50(58-53)41-20-10-3-11-21-41)48(36-46)39-28-32-45(33-29-39)54-59-51(42-22-12-4-13-23-42)56-52(60-54)43-24-14-5-15-25-43/h1-28,30-32,34-36H,29,33H2. The van der Waals surface area contributed by atoms with Crippen LogP contribution in [0.1, 0.15) is 24.2 Å². The molecule has 0 spiro atoms. The molecule has 0 saturated carbocycles. The molecule has 0 unspecified atom stereocenters. The van der Waals surface area contributed by atoms with E-state index in [2.05, 4.69) is 84.9 Å². The maximum Gasteiger partial charge on any atom is 0.164 e. The quantitative estimate of drug-likeness (QED) is 0.145. The highest BCUT2D eigenvalue weighted by molar-refractivity contribution is 5.88. The molecular formula is C54H38N6. The molecule has 0 amide bonds. The van der Waals surface area contributed by atoms with Gasteiger partial charge in [0.15, 0.2) is 34.9 Å². The summed E-state index contributed by atoms with van der Waals surface area (Å²) in [7, 11) is 0. The van der Waals surface area contributed by atoms with Gasteiger partial charge in [-0.05, 0) is 57.9 Å². The van der Waals surface area contributed by atoms with Crippen LogP contribution in [-0.2, 0) is 0 Å². The lowest BCUT2D eigenvalue weighted by molar-refractivity contribution is 0.985. The van der Waals surface area contributed by atoms with E-state index in [-0.39, 0.29) is 0 Å². The maximum absolute atomic E-state index is 5.01. The molecule has 7 aromatic carbocycles. The molecule has 0 bridgehead atoms. The second-order valence-electron chi connectivity index (χ2n) is 14.7. The third-order valence-corrected chi connectivity index (χ3v) is 10.8. The number of hydrogen-bond donors (Lipinski definition) is 0. The molecule has 0 radical (unpaired) electrons. The summed E-state index contributed by atoms with van der Waals surface area (Å²) in [6, 6.07) is 66.4. The van der Waals surface area contributed by atoms with Crippen molar-refractivity contribution in [3.8, 4) is 79.2 Å². The van der Waals surface area contributed by atoms with Crippen LogP contribution >= 0.6 is 0 Å². The minimum atomic E-state index is 0.630. The fourth-order valence-electron chi connectivity index (χ4n) is 7.61. The molecule has 10 rings (SSSR count). The van der Waals surface area contributed by atoms with E-state index < -0.39 is 0 Å². The summed E-state index contributed by atoms with van der Waals surface area (Å²) in [4.78, 5) is 29.7. The molecule has 2 heterocycles. The zero-order valence-corrected chi connectivity index (χ0v) is 32.7. The normalized spacial score (nSPS) is 12.4. The minimum Gasteiger partial charge on any atom is -0.209 e. The van der Waals surface area contributed by atoms with E-state index >= 15 is 0 Å². The number of aromatic nitrogens is 6. The summed E-state index contributed by atoms with van der Waals surface area (Å²) in [5.41, 5.74) is 12.9. The van der Waals surface area contributed by atoms with Gasteiger partial charge in [-0.25, -0.2) is 29.9 Å². The first-order valence-electron chi connectivity index (χ1n) is 20.2. The number of allylic oxidation sites excluding steroid dienone is 4. The molecule has 9 aromatic rings. The van der Waals surface area contributed by atoms with Gasteiger partial charge < -0.3 is 0 Å². The van der Waals surface area contributed by atoms with Crippen LogP contribution in [0, 0.1) is 0 Å². The monoisotopic (exact) mass is 770 g/mol. The van der Waals surface area contributed by atoms with Crippen molar-refractivity contribution in [3.63, 3.8) is 0 Å². The Kier molecular flexibility index (Phi) is 10.00. The van der Waals surface area contributed by atoms with E-state index in [1.54, 1.807) is 0 Å². The van der Waals surface area contributed by atoms with Crippen molar-refractivity contribution < 1.29 is 0 Å². The molecule has 60 heavy (non-hydrogen) atoms. The number of hydrogen-bond acceptors (Lipinski definition) is 6. The molecule has 0 N–H and O–H groups in total. The average molecular weight is 771 g/mol. The highest BCUT2D eigenvalue weighted by Gasteiger charge is 2.20. The Morgan fingerprint density at radius 1 is 0.233 bits per heavy atom. The highest BCUT2D eigenvalue weighted by atomic mass is 15.0. The summed E-state index contributed by atoms with van der Waals surface area (Å²) in [5, 5.41) is 0. The Morgan fingerprint density at radius 2 is 0.550 bits per heavy atom. The predicted octanol–water partition coefficient (Wildman–Crippen LogP) is 13.0. The van der Waals surface area contributed by atoms with Gasteiger partial charge >= 0.3 is 0 Å². The molecule has 1 aliphatic carbocycles. The Morgan fingerprint density at radius 3 is 0.950 bits per heavy atom. The van der Waals surface area contributed by atoms with Crippen LogP contribution in [0.5, 0.6) is 0 Å². The molecule has 6 heteroatoms. The first-order chi connectivity index (χ1) is 29.7. The largest absolute Gasteiger partial charge is 0.209 e. The first kappa shape index (κ1) is 36.4. The van der Waals surface area contributed by atoms with Crippen molar-refractivity contribution in [1.29, 1.82) is 0 Å². The fraction of sp³-hybridized carbons (Fsp3) is 0.0370. The van der Waals surface area contributed by atoms with Gasteiger partial charge in [0.25, 0.3) is 0 Å². The first-order valence-corrected chi connectivity index (χ1v) is 20.2. The van der Waals surface area contributed by atoms with E-state index in [9.17, 15) is 0 Å². The van der Waals surface area contributed by atoms with Gasteiger partial charge in [0.2, 0.25) is 0 Å². The highest BCUT2D eigenvalue weighted by Crippen LogP contribution is 2.39. The topological polar surface area (TPSA) is 77.3 Å². The lowest BCUT2D eigenvalue weighted by Crippen LogP contribution is -2.04. The van der Waals surface area contributed by atoms with Crippen molar-refractivity contribution in [1.82, 2.24) is 29.9 Å². The van der Waals surface area contributed by atoms with Gasteiger partial charge in [0.1, 0.15) is 0 Å². The number of benzene rings is 7. The zero-order chi connectivity index (χ0) is 40.1. The Hall–Kier alpha value is -7.96. The van der Waals surface area contributed by atoms with Gasteiger partial charge in [-0.2, -0.15) is 0 Å². The van der Waals surface area contributed by atoms with Crippen LogP contribution in [0.4, 0.5) is 0 Å². The predicted molar refractivity (Wildman–Crippen MR) is 243 cm³/mol. The van der Waals surface area contributed by atoms with Crippen LogP contribution in [-0.4, -0.2) is 29.9 Å². The Labute approximate surface area is 349 Å². The van der Waals surface area contributed by atoms with Crippen LogP contribution in [0.25, 0.3) is 90.3 Å². The van der Waals surface area contributed by atoms with E-state index in [0.29, 0.717) is 34.9 Å². The molecule has 6 nitrogen and oxygen atoms in total. The smallest absolute Gasteiger partial charge is 0.164 e. The molecular weight excluding hydrogens is 733 g/mol. The third kappa shape index (κ3) is 7.70. The van der Waals surface area contributed by atoms with E-state index in [0.717, 1.165) is 57.4 Å². The summed E-state index contributed by atoms with van der Waals surface area (Å²) in [5.74, 6) is 3.96. The molecule has 0 atom stereocenters. The van der Waals surface area contributed by atoms with Crippen molar-refractivity contribution in [2.45, 2.75) is 12.8 Å². The van der Waals surface area contributed by atoms with Crippen molar-refractivity contribution in [2.75, 3.05) is 0 Å².